The van der Waals surface area contributed by atoms with Crippen LogP contribution in [0.5, 0.6) is 0 Å². The van der Waals surface area contributed by atoms with E-state index in [0.717, 1.165) is 6.20 Å². The molecule has 0 aliphatic carbocycles. The first-order valence-electron chi connectivity index (χ1n) is 5.68. The molecule has 1 aliphatic rings. The van der Waals surface area contributed by atoms with Gasteiger partial charge in [0.15, 0.2) is 11.8 Å². The Labute approximate surface area is 120 Å². The number of rotatable bonds is 3. The highest BCUT2D eigenvalue weighted by molar-refractivity contribution is 6.30. The Morgan fingerprint density at radius 3 is 2.57 bits per heavy atom. The van der Waals surface area contributed by atoms with Crippen LogP contribution in [0.2, 0.25) is 5.02 Å². The average Bonchev–Trinajstić information content (AvgIpc) is 2.68. The second-order valence-electron chi connectivity index (χ2n) is 4.50. The molecular formula is C10H11ClF2N2O6. The van der Waals surface area contributed by atoms with Gasteiger partial charge < -0.3 is 20.1 Å². The molecule has 0 saturated carbocycles. The Kier molecular flexibility index (Phi) is 4.17. The molecule has 1 saturated heterocycles. The molecule has 1 aromatic heterocycles. The van der Waals surface area contributed by atoms with Crippen LogP contribution < -0.4 is 11.2 Å². The van der Waals surface area contributed by atoms with E-state index in [4.69, 9.17) is 21.4 Å². The Morgan fingerprint density at radius 1 is 1.48 bits per heavy atom. The molecule has 11 heteroatoms. The summed E-state index contributed by atoms with van der Waals surface area (Å²) < 4.78 is 31.4. The topological polar surface area (TPSA) is 125 Å². The molecule has 0 bridgehead atoms. The number of H-pyrrole nitrogens is 1. The van der Waals surface area contributed by atoms with Crippen molar-refractivity contribution in [1.82, 2.24) is 9.55 Å². The van der Waals surface area contributed by atoms with Gasteiger partial charge in [-0.2, -0.15) is 0 Å². The van der Waals surface area contributed by atoms with Crippen molar-refractivity contribution in [2.45, 2.75) is 30.5 Å². The molecule has 0 amide bonds. The summed E-state index contributed by atoms with van der Waals surface area (Å²) in [5.74, 6) is 0. The summed E-state index contributed by atoms with van der Waals surface area (Å²) in [4.78, 5) is 24.5. The molecule has 8 nitrogen and oxygen atoms in total. The van der Waals surface area contributed by atoms with Crippen molar-refractivity contribution in [3.8, 4) is 0 Å². The molecular weight excluding hydrogens is 318 g/mol. The van der Waals surface area contributed by atoms with Crippen molar-refractivity contribution in [2.75, 3.05) is 6.61 Å². The maximum atomic E-state index is 13.0. The highest BCUT2D eigenvalue weighted by Gasteiger charge is 2.60. The number of nitrogens with zero attached hydrogens (tertiary/aromatic N) is 1. The first-order valence-corrected chi connectivity index (χ1v) is 6.06. The fourth-order valence-corrected chi connectivity index (χ4v) is 2.21. The predicted octanol–water partition coefficient (Wildman–Crippen LogP) is -1.56. The van der Waals surface area contributed by atoms with Gasteiger partial charge in [-0.25, -0.2) is 13.6 Å². The zero-order valence-corrected chi connectivity index (χ0v) is 11.0. The van der Waals surface area contributed by atoms with E-state index in [1.807, 2.05) is 0 Å². The Hall–Kier alpha value is -1.33. The van der Waals surface area contributed by atoms with E-state index in [1.165, 1.54) is 0 Å². The molecule has 0 unspecified atom stereocenters. The van der Waals surface area contributed by atoms with Crippen LogP contribution in [0, 0.1) is 0 Å². The van der Waals surface area contributed by atoms with E-state index in [9.17, 15) is 28.6 Å². The minimum Gasteiger partial charge on any atom is -0.393 e. The lowest BCUT2D eigenvalue weighted by Crippen LogP contribution is -2.52. The fourth-order valence-electron chi connectivity index (χ4n) is 2.06. The highest BCUT2D eigenvalue weighted by atomic mass is 35.5. The number of alkyl halides is 2. The van der Waals surface area contributed by atoms with Crippen LogP contribution in [-0.2, 0) is 4.74 Å². The third-order valence-electron chi connectivity index (χ3n) is 3.27. The summed E-state index contributed by atoms with van der Waals surface area (Å²) in [7, 11) is 0. The fraction of sp³-hybridized carbons (Fsp3) is 0.600. The zero-order valence-electron chi connectivity index (χ0n) is 10.2. The Morgan fingerprint density at radius 2 is 2.10 bits per heavy atom. The summed E-state index contributed by atoms with van der Waals surface area (Å²) in [6.45, 7) is -1.29. The van der Waals surface area contributed by atoms with Crippen molar-refractivity contribution >= 4 is 11.6 Å². The lowest BCUT2D eigenvalue weighted by atomic mass is 9.96. The van der Waals surface area contributed by atoms with E-state index < -0.39 is 53.3 Å². The summed E-state index contributed by atoms with van der Waals surface area (Å²) in [6, 6.07) is 0. The number of hydrogen-bond donors (Lipinski definition) is 4. The maximum absolute atomic E-state index is 13.0. The smallest absolute Gasteiger partial charge is 0.330 e. The van der Waals surface area contributed by atoms with Gasteiger partial charge in [-0.1, -0.05) is 11.6 Å². The summed E-state index contributed by atoms with van der Waals surface area (Å²) in [5.41, 5.74) is -4.73. The minimum atomic E-state index is -3.33. The van der Waals surface area contributed by atoms with Crippen LogP contribution in [0.4, 0.5) is 8.78 Å². The molecule has 1 aromatic rings. The van der Waals surface area contributed by atoms with Gasteiger partial charge in [0, 0.05) is 6.20 Å². The van der Waals surface area contributed by atoms with Crippen molar-refractivity contribution in [2.24, 2.45) is 0 Å². The molecule has 0 spiro atoms. The standard InChI is InChI=1S/C10H11ClF2N2O6/c11-3-1-15(9(20)14-6(3)19)7-4(17)5(18)10(2-16,21-7)8(12)13/h1,4-5,7-8,16-18H,2H2,(H,14,19,20)/t4-,5+,7-,10-/m1/s1. The molecule has 0 radical (unpaired) electrons. The van der Waals surface area contributed by atoms with Crippen LogP contribution in [0.1, 0.15) is 6.23 Å². The maximum Gasteiger partial charge on any atom is 0.330 e. The number of halogens is 3. The number of aromatic nitrogens is 2. The number of hydrogen-bond acceptors (Lipinski definition) is 6. The first kappa shape index (κ1) is 16.0. The van der Waals surface area contributed by atoms with Crippen LogP contribution in [0.25, 0.3) is 0 Å². The van der Waals surface area contributed by atoms with E-state index in [2.05, 4.69) is 0 Å². The minimum absolute atomic E-state index is 0.446. The lowest BCUT2D eigenvalue weighted by Gasteiger charge is -2.28. The van der Waals surface area contributed by atoms with Crippen molar-refractivity contribution < 1.29 is 28.8 Å². The van der Waals surface area contributed by atoms with E-state index >= 15 is 0 Å². The van der Waals surface area contributed by atoms with Gasteiger partial charge in [0.2, 0.25) is 0 Å². The number of nitrogens with one attached hydrogen (secondary N) is 1. The molecule has 0 aromatic carbocycles. The number of aliphatic hydroxyl groups excluding tert-OH is 3. The van der Waals surface area contributed by atoms with Crippen LogP contribution in [0.15, 0.2) is 15.8 Å². The Bertz CT molecular complexity index is 649. The SMILES string of the molecule is O=c1[nH]c(=O)n([C@@H]2O[C@@](CO)(C(F)F)[C@@H](O)[C@H]2O)cc1Cl. The van der Waals surface area contributed by atoms with Gasteiger partial charge in [0.05, 0.1) is 6.61 Å². The summed E-state index contributed by atoms with van der Waals surface area (Å²) in [6.07, 6.45) is -8.38. The van der Waals surface area contributed by atoms with Gasteiger partial charge in [0.25, 0.3) is 12.0 Å². The molecule has 4 N–H and O–H groups in total. The van der Waals surface area contributed by atoms with Crippen LogP contribution in [-0.4, -0.2) is 55.7 Å². The number of aliphatic hydroxyl groups is 3. The van der Waals surface area contributed by atoms with Crippen molar-refractivity contribution in [3.05, 3.63) is 32.1 Å². The van der Waals surface area contributed by atoms with Crippen LogP contribution >= 0.6 is 11.6 Å². The second-order valence-corrected chi connectivity index (χ2v) is 4.91. The van der Waals surface area contributed by atoms with Gasteiger partial charge in [0.1, 0.15) is 17.2 Å². The number of ether oxygens (including phenoxy) is 1. The first-order chi connectivity index (χ1) is 9.74. The van der Waals surface area contributed by atoms with Gasteiger partial charge >= 0.3 is 5.69 Å². The Balaban J connectivity index is 2.50. The molecule has 4 atom stereocenters. The second kappa shape index (κ2) is 5.46. The molecule has 21 heavy (non-hydrogen) atoms. The average molecular weight is 329 g/mol. The normalized spacial score (nSPS) is 32.8. The number of aromatic amines is 1. The van der Waals surface area contributed by atoms with E-state index in [0.29, 0.717) is 4.57 Å². The summed E-state index contributed by atoms with van der Waals surface area (Å²) >= 11 is 5.52. The predicted molar refractivity (Wildman–Crippen MR) is 64.3 cm³/mol. The van der Waals surface area contributed by atoms with E-state index in [-0.39, 0.29) is 0 Å². The van der Waals surface area contributed by atoms with E-state index in [1.54, 1.807) is 4.98 Å². The molecule has 1 fully saturated rings. The zero-order chi connectivity index (χ0) is 15.9. The third-order valence-corrected chi connectivity index (χ3v) is 3.54. The largest absolute Gasteiger partial charge is 0.393 e. The van der Waals surface area contributed by atoms with Crippen molar-refractivity contribution in [1.29, 1.82) is 0 Å². The molecule has 118 valence electrons. The van der Waals surface area contributed by atoms with Crippen LogP contribution in [0.3, 0.4) is 0 Å². The quantitative estimate of drug-likeness (QED) is 0.532. The van der Waals surface area contributed by atoms with Crippen molar-refractivity contribution in [3.63, 3.8) is 0 Å². The van der Waals surface area contributed by atoms with Gasteiger partial charge in [-0.3, -0.25) is 14.3 Å². The monoisotopic (exact) mass is 328 g/mol. The summed E-state index contributed by atoms with van der Waals surface area (Å²) in [5, 5.41) is 28.1. The highest BCUT2D eigenvalue weighted by Crippen LogP contribution is 2.40. The molecule has 2 rings (SSSR count). The van der Waals surface area contributed by atoms with Gasteiger partial charge in [-0.05, 0) is 0 Å². The lowest BCUT2D eigenvalue weighted by molar-refractivity contribution is -0.195. The third kappa shape index (κ3) is 2.38. The van der Waals surface area contributed by atoms with Gasteiger partial charge in [-0.15, -0.1) is 0 Å². The molecule has 2 heterocycles. The molecule has 1 aliphatic heterocycles.